The van der Waals surface area contributed by atoms with Crippen LogP contribution in [0.15, 0.2) is 42.5 Å². The van der Waals surface area contributed by atoms with Gasteiger partial charge >= 0.3 is 0 Å². The van der Waals surface area contributed by atoms with Gasteiger partial charge in [0.25, 0.3) is 11.6 Å². The highest BCUT2D eigenvalue weighted by atomic mass is 35.5. The van der Waals surface area contributed by atoms with E-state index in [9.17, 15) is 14.9 Å². The molecule has 2 aromatic rings. The quantitative estimate of drug-likeness (QED) is 0.686. The SMILES string of the molecule is O=C(NCc1ccc(Cl)cc1)c1cccc([N+](=O)[O-])c1Cl. The third-order valence-corrected chi connectivity index (χ3v) is 3.44. The minimum atomic E-state index is -0.627. The molecule has 0 aliphatic carbocycles. The average molecular weight is 325 g/mol. The van der Waals surface area contributed by atoms with Crippen LogP contribution in [0, 0.1) is 10.1 Å². The Balaban J connectivity index is 2.12. The number of nitrogens with one attached hydrogen (secondary N) is 1. The molecule has 0 aliphatic rings. The highest BCUT2D eigenvalue weighted by molar-refractivity contribution is 6.35. The summed E-state index contributed by atoms with van der Waals surface area (Å²) in [5, 5.41) is 13.9. The Morgan fingerprint density at radius 2 is 1.81 bits per heavy atom. The topological polar surface area (TPSA) is 72.2 Å². The molecule has 0 saturated carbocycles. The number of carbonyl (C=O) groups is 1. The number of carbonyl (C=O) groups excluding carboxylic acids is 1. The summed E-state index contributed by atoms with van der Waals surface area (Å²) in [6.45, 7) is 0.273. The molecule has 0 spiro atoms. The minimum Gasteiger partial charge on any atom is -0.348 e. The lowest BCUT2D eigenvalue weighted by Crippen LogP contribution is -2.23. The van der Waals surface area contributed by atoms with Gasteiger partial charge in [-0.2, -0.15) is 0 Å². The average Bonchev–Trinajstić information content (AvgIpc) is 2.46. The van der Waals surface area contributed by atoms with Gasteiger partial charge in [-0.25, -0.2) is 0 Å². The highest BCUT2D eigenvalue weighted by Gasteiger charge is 2.19. The van der Waals surface area contributed by atoms with Crippen LogP contribution >= 0.6 is 23.2 Å². The van der Waals surface area contributed by atoms with Crippen molar-refractivity contribution in [2.24, 2.45) is 0 Å². The molecule has 21 heavy (non-hydrogen) atoms. The van der Waals surface area contributed by atoms with Crippen molar-refractivity contribution >= 4 is 34.8 Å². The van der Waals surface area contributed by atoms with Crippen LogP contribution in [0.4, 0.5) is 5.69 Å². The Bertz CT molecular complexity index is 687. The largest absolute Gasteiger partial charge is 0.348 e. The normalized spacial score (nSPS) is 10.2. The van der Waals surface area contributed by atoms with Gasteiger partial charge in [-0.1, -0.05) is 41.4 Å². The lowest BCUT2D eigenvalue weighted by Gasteiger charge is -2.07. The number of halogens is 2. The van der Waals surface area contributed by atoms with Gasteiger partial charge in [-0.05, 0) is 23.8 Å². The first-order chi connectivity index (χ1) is 9.99. The van der Waals surface area contributed by atoms with Crippen LogP contribution in [0.1, 0.15) is 15.9 Å². The summed E-state index contributed by atoms with van der Waals surface area (Å²) in [4.78, 5) is 22.2. The Hall–Kier alpha value is -2.11. The lowest BCUT2D eigenvalue weighted by atomic mass is 10.1. The second-order valence-corrected chi connectivity index (χ2v) is 5.02. The number of hydrogen-bond acceptors (Lipinski definition) is 3. The van der Waals surface area contributed by atoms with Crippen molar-refractivity contribution < 1.29 is 9.72 Å². The van der Waals surface area contributed by atoms with Crippen molar-refractivity contribution in [1.29, 1.82) is 0 Å². The van der Waals surface area contributed by atoms with E-state index in [0.29, 0.717) is 5.02 Å². The molecule has 2 aromatic carbocycles. The summed E-state index contributed by atoms with van der Waals surface area (Å²) in [7, 11) is 0. The van der Waals surface area contributed by atoms with E-state index in [1.54, 1.807) is 24.3 Å². The van der Waals surface area contributed by atoms with E-state index in [4.69, 9.17) is 23.2 Å². The van der Waals surface area contributed by atoms with Crippen molar-refractivity contribution in [1.82, 2.24) is 5.32 Å². The maximum absolute atomic E-state index is 12.0. The fraction of sp³-hybridized carbons (Fsp3) is 0.0714. The molecule has 0 unspecified atom stereocenters. The van der Waals surface area contributed by atoms with E-state index in [1.165, 1.54) is 18.2 Å². The van der Waals surface area contributed by atoms with E-state index < -0.39 is 10.8 Å². The molecule has 0 bridgehead atoms. The number of rotatable bonds is 4. The van der Waals surface area contributed by atoms with E-state index in [0.717, 1.165) is 5.56 Å². The molecule has 0 radical (unpaired) electrons. The highest BCUT2D eigenvalue weighted by Crippen LogP contribution is 2.27. The maximum atomic E-state index is 12.0. The molecular formula is C14H10Cl2N2O3. The van der Waals surface area contributed by atoms with Gasteiger partial charge in [0.2, 0.25) is 0 Å². The van der Waals surface area contributed by atoms with Crippen molar-refractivity contribution in [3.05, 3.63) is 73.8 Å². The molecule has 0 heterocycles. The Morgan fingerprint density at radius 1 is 1.14 bits per heavy atom. The van der Waals surface area contributed by atoms with Gasteiger partial charge in [0, 0.05) is 17.6 Å². The molecule has 5 nitrogen and oxygen atoms in total. The van der Waals surface area contributed by atoms with Crippen molar-refractivity contribution in [3.8, 4) is 0 Å². The number of nitro groups is 1. The standard InChI is InChI=1S/C14H10Cl2N2O3/c15-10-6-4-9(5-7-10)8-17-14(19)11-2-1-3-12(13(11)16)18(20)21/h1-7H,8H2,(H,17,19). The fourth-order valence-electron chi connectivity index (χ4n) is 1.72. The van der Waals surface area contributed by atoms with Crippen LogP contribution in [0.5, 0.6) is 0 Å². The first-order valence-electron chi connectivity index (χ1n) is 5.94. The predicted molar refractivity (Wildman–Crippen MR) is 80.7 cm³/mol. The summed E-state index contributed by atoms with van der Waals surface area (Å²) < 4.78 is 0. The second-order valence-electron chi connectivity index (χ2n) is 4.20. The summed E-state index contributed by atoms with van der Waals surface area (Å²) in [6.07, 6.45) is 0. The molecule has 0 atom stereocenters. The first-order valence-corrected chi connectivity index (χ1v) is 6.70. The number of benzene rings is 2. The molecular weight excluding hydrogens is 315 g/mol. The van der Waals surface area contributed by atoms with Crippen LogP contribution in [0.25, 0.3) is 0 Å². The third-order valence-electron chi connectivity index (χ3n) is 2.79. The van der Waals surface area contributed by atoms with Gasteiger partial charge in [0.1, 0.15) is 5.02 Å². The molecule has 7 heteroatoms. The van der Waals surface area contributed by atoms with Crippen LogP contribution in [0.3, 0.4) is 0 Å². The molecule has 2 rings (SSSR count). The zero-order chi connectivity index (χ0) is 15.4. The number of amides is 1. The number of hydrogen-bond donors (Lipinski definition) is 1. The molecule has 0 aromatic heterocycles. The molecule has 1 amide bonds. The van der Waals surface area contributed by atoms with Crippen LogP contribution in [-0.4, -0.2) is 10.8 Å². The van der Waals surface area contributed by atoms with Crippen LogP contribution < -0.4 is 5.32 Å². The van der Waals surface area contributed by atoms with Crippen molar-refractivity contribution in [2.45, 2.75) is 6.54 Å². The van der Waals surface area contributed by atoms with Crippen molar-refractivity contribution in [3.63, 3.8) is 0 Å². The summed E-state index contributed by atoms with van der Waals surface area (Å²) in [6, 6.07) is 11.1. The summed E-state index contributed by atoms with van der Waals surface area (Å²) in [5.41, 5.74) is 0.630. The number of nitro benzene ring substituents is 1. The van der Waals surface area contributed by atoms with E-state index >= 15 is 0 Å². The van der Waals surface area contributed by atoms with Gasteiger partial charge in [-0.15, -0.1) is 0 Å². The van der Waals surface area contributed by atoms with Crippen molar-refractivity contribution in [2.75, 3.05) is 0 Å². The first kappa shape index (κ1) is 15.3. The Kier molecular flexibility index (Phi) is 4.77. The van der Waals surface area contributed by atoms with Gasteiger partial charge in [-0.3, -0.25) is 14.9 Å². The molecule has 1 N–H and O–H groups in total. The molecule has 0 aliphatic heterocycles. The van der Waals surface area contributed by atoms with Gasteiger partial charge in [0.05, 0.1) is 10.5 Å². The lowest BCUT2D eigenvalue weighted by molar-refractivity contribution is -0.384. The number of nitrogens with zero attached hydrogens (tertiary/aromatic N) is 1. The van der Waals surface area contributed by atoms with E-state index in [1.807, 2.05) is 0 Å². The minimum absolute atomic E-state index is 0.0693. The van der Waals surface area contributed by atoms with E-state index in [-0.39, 0.29) is 22.8 Å². The summed E-state index contributed by atoms with van der Waals surface area (Å²) in [5.74, 6) is -0.473. The monoisotopic (exact) mass is 324 g/mol. The Morgan fingerprint density at radius 3 is 2.43 bits per heavy atom. The smallest absolute Gasteiger partial charge is 0.288 e. The zero-order valence-electron chi connectivity index (χ0n) is 10.7. The van der Waals surface area contributed by atoms with Gasteiger partial charge < -0.3 is 5.32 Å². The van der Waals surface area contributed by atoms with E-state index in [2.05, 4.69) is 5.32 Å². The van der Waals surface area contributed by atoms with Crippen LogP contribution in [-0.2, 0) is 6.54 Å². The Labute approximate surface area is 130 Å². The molecule has 0 saturated heterocycles. The molecule has 108 valence electrons. The third kappa shape index (κ3) is 3.71. The van der Waals surface area contributed by atoms with Crippen LogP contribution in [0.2, 0.25) is 10.0 Å². The zero-order valence-corrected chi connectivity index (χ0v) is 12.2. The van der Waals surface area contributed by atoms with Gasteiger partial charge in [0.15, 0.2) is 0 Å². The maximum Gasteiger partial charge on any atom is 0.288 e. The predicted octanol–water partition coefficient (Wildman–Crippen LogP) is 3.83. The second kappa shape index (κ2) is 6.56. The molecule has 0 fully saturated rings. The fourth-order valence-corrected chi connectivity index (χ4v) is 2.12. The summed E-state index contributed by atoms with van der Waals surface area (Å²) >= 11 is 11.7.